The van der Waals surface area contributed by atoms with E-state index in [0.29, 0.717) is 16.2 Å². The summed E-state index contributed by atoms with van der Waals surface area (Å²) in [5.41, 5.74) is 0.873. The van der Waals surface area contributed by atoms with Crippen molar-refractivity contribution in [3.8, 4) is 0 Å². The van der Waals surface area contributed by atoms with Gasteiger partial charge in [0.2, 0.25) is 0 Å². The van der Waals surface area contributed by atoms with Gasteiger partial charge >= 0.3 is 0 Å². The first-order chi connectivity index (χ1) is 5.13. The van der Waals surface area contributed by atoms with Crippen molar-refractivity contribution in [2.45, 2.75) is 6.92 Å². The highest BCUT2D eigenvalue weighted by atomic mass is 19.1. The van der Waals surface area contributed by atoms with E-state index in [1.54, 1.807) is 13.0 Å². The molecule has 0 N–H and O–H groups in total. The molecule has 0 aliphatic carbocycles. The Kier molecular flexibility index (Phi) is 1.94. The van der Waals surface area contributed by atoms with E-state index < -0.39 is 5.83 Å². The van der Waals surface area contributed by atoms with Crippen molar-refractivity contribution < 1.29 is 8.81 Å². The van der Waals surface area contributed by atoms with Crippen molar-refractivity contribution in [2.75, 3.05) is 0 Å². The lowest BCUT2D eigenvalue weighted by Gasteiger charge is -1.89. The van der Waals surface area contributed by atoms with Crippen molar-refractivity contribution in [2.24, 2.45) is 0 Å². The van der Waals surface area contributed by atoms with Gasteiger partial charge in [-0.3, -0.25) is 0 Å². The second kappa shape index (κ2) is 2.74. The molecule has 1 rings (SSSR count). The van der Waals surface area contributed by atoms with Crippen LogP contribution in [-0.2, 0) is 0 Å². The van der Waals surface area contributed by atoms with Gasteiger partial charge in [-0.2, -0.15) is 0 Å². The van der Waals surface area contributed by atoms with Crippen LogP contribution < -0.4 is 10.6 Å². The van der Waals surface area contributed by atoms with Gasteiger partial charge in [0, 0.05) is 10.8 Å². The van der Waals surface area contributed by atoms with Crippen LogP contribution in [0.4, 0.5) is 4.39 Å². The minimum absolute atomic E-state index is 0.403. The summed E-state index contributed by atoms with van der Waals surface area (Å²) in [7, 11) is 0. The van der Waals surface area contributed by atoms with E-state index in [-0.39, 0.29) is 0 Å². The monoisotopic (exact) mass is 152 g/mol. The van der Waals surface area contributed by atoms with Gasteiger partial charge in [0.25, 0.3) is 0 Å². The summed E-state index contributed by atoms with van der Waals surface area (Å²) in [6.45, 7) is 8.43. The summed E-state index contributed by atoms with van der Waals surface area (Å²) in [6, 6.07) is 1.68. The van der Waals surface area contributed by atoms with Gasteiger partial charge in [-0.15, -0.1) is 0 Å². The smallest absolute Gasteiger partial charge is 0.139 e. The fraction of sp³-hybridized carbons (Fsp3) is 0.111. The number of hydrogen-bond donors (Lipinski definition) is 0. The van der Waals surface area contributed by atoms with Crippen molar-refractivity contribution in [1.29, 1.82) is 0 Å². The minimum atomic E-state index is -0.482. The molecule has 0 aliphatic heterocycles. The molecule has 1 aromatic rings. The zero-order valence-electron chi connectivity index (χ0n) is 6.36. The molecule has 0 radical (unpaired) electrons. The van der Waals surface area contributed by atoms with Gasteiger partial charge in [0.15, 0.2) is 0 Å². The van der Waals surface area contributed by atoms with Crippen molar-refractivity contribution in [3.63, 3.8) is 0 Å². The predicted molar refractivity (Wildman–Crippen MR) is 42.8 cm³/mol. The third-order valence-corrected chi connectivity index (χ3v) is 1.49. The first-order valence-corrected chi connectivity index (χ1v) is 3.21. The third-order valence-electron chi connectivity index (χ3n) is 1.49. The second-order valence-electron chi connectivity index (χ2n) is 2.30. The molecule has 0 saturated carbocycles. The van der Waals surface area contributed by atoms with Gasteiger partial charge < -0.3 is 4.42 Å². The molecule has 2 heteroatoms. The molecule has 0 amide bonds. The Morgan fingerprint density at radius 3 is 2.64 bits per heavy atom. The lowest BCUT2D eigenvalue weighted by molar-refractivity contribution is 0.524. The van der Waals surface area contributed by atoms with E-state index in [2.05, 4.69) is 13.2 Å². The molecule has 0 atom stereocenters. The van der Waals surface area contributed by atoms with Crippen LogP contribution in [0.15, 0.2) is 29.2 Å². The highest BCUT2D eigenvalue weighted by Gasteiger charge is 1.97. The average Bonchev–Trinajstić information content (AvgIpc) is 2.33. The van der Waals surface area contributed by atoms with Crippen LogP contribution in [0.1, 0.15) is 6.92 Å². The molecule has 0 fully saturated rings. The normalized spacial score (nSPS) is 12.9. The zero-order valence-corrected chi connectivity index (χ0v) is 6.36. The molecule has 0 saturated heterocycles. The van der Waals surface area contributed by atoms with Crippen molar-refractivity contribution in [3.05, 3.63) is 35.4 Å². The molecule has 11 heavy (non-hydrogen) atoms. The van der Waals surface area contributed by atoms with Gasteiger partial charge in [0.05, 0.1) is 6.26 Å². The van der Waals surface area contributed by atoms with Gasteiger partial charge in [-0.05, 0) is 13.0 Å². The third kappa shape index (κ3) is 1.40. The fourth-order valence-electron chi connectivity index (χ4n) is 0.788. The molecule has 58 valence electrons. The number of halogens is 1. The highest BCUT2D eigenvalue weighted by molar-refractivity contribution is 5.55. The summed E-state index contributed by atoms with van der Waals surface area (Å²) in [5, 5.41) is 0.682. The lowest BCUT2D eigenvalue weighted by atomic mass is 10.2. The Hall–Kier alpha value is -1.31. The first-order valence-electron chi connectivity index (χ1n) is 3.21. The van der Waals surface area contributed by atoms with Gasteiger partial charge in [-0.25, -0.2) is 4.39 Å². The molecule has 1 heterocycles. The van der Waals surface area contributed by atoms with Crippen LogP contribution in [0.2, 0.25) is 0 Å². The van der Waals surface area contributed by atoms with E-state index in [1.807, 2.05) is 0 Å². The maximum Gasteiger partial charge on any atom is 0.139 e. The van der Waals surface area contributed by atoms with E-state index in [4.69, 9.17) is 4.42 Å². The zero-order chi connectivity index (χ0) is 8.43. The lowest BCUT2D eigenvalue weighted by Crippen LogP contribution is -2.19. The molecule has 0 aromatic carbocycles. The first kappa shape index (κ1) is 7.79. The Balaban J connectivity index is 3.50. The second-order valence-corrected chi connectivity index (χ2v) is 2.30. The van der Waals surface area contributed by atoms with Crippen LogP contribution in [0.5, 0.6) is 0 Å². The highest BCUT2D eigenvalue weighted by Crippen LogP contribution is 2.04. The number of hydrogen-bond acceptors (Lipinski definition) is 1. The Morgan fingerprint density at radius 2 is 2.27 bits per heavy atom. The largest absolute Gasteiger partial charge is 0.464 e. The maximum absolute atomic E-state index is 12.5. The summed E-state index contributed by atoms with van der Waals surface area (Å²) in [6.07, 6.45) is 1.48. The molecule has 1 aromatic heterocycles. The predicted octanol–water partition coefficient (Wildman–Crippen LogP) is 1.34. The van der Waals surface area contributed by atoms with Crippen molar-refractivity contribution >= 4 is 12.2 Å². The Morgan fingerprint density at radius 1 is 1.64 bits per heavy atom. The molecule has 0 aliphatic rings. The molecule has 1 nitrogen and oxygen atoms in total. The van der Waals surface area contributed by atoms with Crippen LogP contribution in [0, 0.1) is 0 Å². The number of rotatable bonds is 1. The van der Waals surface area contributed by atoms with Crippen LogP contribution in [-0.4, -0.2) is 0 Å². The van der Waals surface area contributed by atoms with Crippen LogP contribution in [0.25, 0.3) is 12.2 Å². The average molecular weight is 152 g/mol. The van der Waals surface area contributed by atoms with Crippen LogP contribution >= 0.6 is 0 Å². The number of furan rings is 1. The van der Waals surface area contributed by atoms with E-state index in [0.717, 1.165) is 0 Å². The van der Waals surface area contributed by atoms with E-state index in [1.165, 1.54) is 6.26 Å². The summed E-state index contributed by atoms with van der Waals surface area (Å²) >= 11 is 0. The Bertz CT molecular complexity index is 373. The Labute approximate surface area is 64.1 Å². The molecule has 0 bridgehead atoms. The molecular weight excluding hydrogens is 143 g/mol. The quantitative estimate of drug-likeness (QED) is 0.592. The molecular formula is C9H9FO. The summed E-state index contributed by atoms with van der Waals surface area (Å²) in [5.74, 6) is -0.482. The van der Waals surface area contributed by atoms with Gasteiger partial charge in [0.1, 0.15) is 11.2 Å². The van der Waals surface area contributed by atoms with Gasteiger partial charge in [-0.1, -0.05) is 13.2 Å². The summed E-state index contributed by atoms with van der Waals surface area (Å²) in [4.78, 5) is 0. The van der Waals surface area contributed by atoms with E-state index >= 15 is 0 Å². The number of allylic oxidation sites excluding steroid dienone is 1. The molecule has 0 unspecified atom stereocenters. The fourth-order valence-corrected chi connectivity index (χ4v) is 0.788. The SMILES string of the molecule is C=C(F)/C(C)=c1/occc1=C. The minimum Gasteiger partial charge on any atom is -0.464 e. The maximum atomic E-state index is 12.5. The van der Waals surface area contributed by atoms with Crippen LogP contribution in [0.3, 0.4) is 0 Å². The van der Waals surface area contributed by atoms with Crippen molar-refractivity contribution in [1.82, 2.24) is 0 Å². The standard InChI is InChI=1S/C9H9FO/c1-6-4-5-11-9(6)7(2)8(3)10/h4-5H,1,3H2,2H3/b9-7+. The molecule has 0 spiro atoms. The topological polar surface area (TPSA) is 13.1 Å². The summed E-state index contributed by atoms with van der Waals surface area (Å²) < 4.78 is 17.5. The van der Waals surface area contributed by atoms with E-state index in [9.17, 15) is 4.39 Å².